The van der Waals surface area contributed by atoms with Gasteiger partial charge in [-0.15, -0.1) is 0 Å². The second-order valence-corrected chi connectivity index (χ2v) is 6.12. The molecule has 20 heavy (non-hydrogen) atoms. The zero-order valence-corrected chi connectivity index (χ0v) is 12.4. The largest absolute Gasteiger partial charge is 0.494 e. The van der Waals surface area contributed by atoms with Crippen LogP contribution >= 0.6 is 0 Å². The first-order chi connectivity index (χ1) is 9.83. The van der Waals surface area contributed by atoms with Crippen LogP contribution in [-0.4, -0.2) is 30.6 Å². The Morgan fingerprint density at radius 3 is 2.55 bits per heavy atom. The molecule has 2 unspecified atom stereocenters. The van der Waals surface area contributed by atoms with Gasteiger partial charge in [-0.05, 0) is 62.4 Å². The quantitative estimate of drug-likeness (QED) is 0.866. The number of nitrogens with two attached hydrogens (primary N) is 1. The number of benzene rings is 1. The summed E-state index contributed by atoms with van der Waals surface area (Å²) >= 11 is 0. The summed E-state index contributed by atoms with van der Waals surface area (Å²) in [4.78, 5) is 2.68. The van der Waals surface area contributed by atoms with Crippen LogP contribution in [0, 0.1) is 5.92 Å². The zero-order valence-electron chi connectivity index (χ0n) is 12.4. The van der Waals surface area contributed by atoms with Crippen LogP contribution in [-0.2, 0) is 0 Å². The predicted octanol–water partition coefficient (Wildman–Crippen LogP) is 2.96. The van der Waals surface area contributed by atoms with E-state index in [1.807, 2.05) is 0 Å². The average Bonchev–Trinajstić information content (AvgIpc) is 3.25. The van der Waals surface area contributed by atoms with Crippen molar-refractivity contribution in [1.29, 1.82) is 0 Å². The maximum atomic E-state index is 5.99. The number of likely N-dealkylation sites (tertiary alicyclic amines) is 1. The molecule has 2 N–H and O–H groups in total. The van der Waals surface area contributed by atoms with Gasteiger partial charge in [-0.3, -0.25) is 4.90 Å². The Morgan fingerprint density at radius 2 is 1.95 bits per heavy atom. The Labute approximate surface area is 122 Å². The summed E-state index contributed by atoms with van der Waals surface area (Å²) in [6, 6.07) is 10.0. The van der Waals surface area contributed by atoms with Gasteiger partial charge in [-0.1, -0.05) is 19.1 Å². The van der Waals surface area contributed by atoms with E-state index >= 15 is 0 Å². The first-order valence-corrected chi connectivity index (χ1v) is 8.02. The van der Waals surface area contributed by atoms with Crippen LogP contribution in [0.2, 0.25) is 0 Å². The molecule has 0 amide bonds. The lowest BCUT2D eigenvalue weighted by atomic mass is 9.93. The van der Waals surface area contributed by atoms with Crippen LogP contribution in [0.1, 0.15) is 44.2 Å². The summed E-state index contributed by atoms with van der Waals surface area (Å²) in [5, 5.41) is 0. The van der Waals surface area contributed by atoms with Crippen molar-refractivity contribution in [1.82, 2.24) is 4.90 Å². The predicted molar refractivity (Wildman–Crippen MR) is 81.9 cm³/mol. The number of nitrogens with zero attached hydrogens (tertiary/aromatic N) is 1. The van der Waals surface area contributed by atoms with Crippen molar-refractivity contribution in [3.05, 3.63) is 29.8 Å². The first kappa shape index (κ1) is 13.9. The molecule has 1 saturated carbocycles. The summed E-state index contributed by atoms with van der Waals surface area (Å²) in [5.74, 6) is 1.59. The highest BCUT2D eigenvalue weighted by Gasteiger charge is 2.41. The van der Waals surface area contributed by atoms with Gasteiger partial charge in [0.1, 0.15) is 5.75 Å². The van der Waals surface area contributed by atoms with Crippen LogP contribution in [0.25, 0.3) is 0 Å². The van der Waals surface area contributed by atoms with Crippen LogP contribution in [0.15, 0.2) is 24.3 Å². The molecule has 0 aromatic heterocycles. The highest BCUT2D eigenvalue weighted by Crippen LogP contribution is 2.43. The minimum Gasteiger partial charge on any atom is -0.494 e. The van der Waals surface area contributed by atoms with Gasteiger partial charge in [-0.25, -0.2) is 0 Å². The van der Waals surface area contributed by atoms with Gasteiger partial charge in [0, 0.05) is 12.1 Å². The zero-order chi connectivity index (χ0) is 13.9. The number of hydrogen-bond donors (Lipinski definition) is 1. The van der Waals surface area contributed by atoms with Crippen molar-refractivity contribution in [2.75, 3.05) is 19.7 Å². The summed E-state index contributed by atoms with van der Waals surface area (Å²) < 4.78 is 5.67. The number of rotatable bonds is 6. The van der Waals surface area contributed by atoms with E-state index in [1.165, 1.54) is 31.4 Å². The highest BCUT2D eigenvalue weighted by atomic mass is 16.5. The van der Waals surface area contributed by atoms with E-state index in [-0.39, 0.29) is 0 Å². The summed E-state index contributed by atoms with van der Waals surface area (Å²) in [7, 11) is 0. The minimum absolute atomic E-state index is 0.521. The van der Waals surface area contributed by atoms with Gasteiger partial charge < -0.3 is 10.5 Å². The third kappa shape index (κ3) is 2.84. The molecule has 0 spiro atoms. The summed E-state index contributed by atoms with van der Waals surface area (Å²) in [5.41, 5.74) is 7.40. The van der Waals surface area contributed by atoms with E-state index < -0.39 is 0 Å². The van der Waals surface area contributed by atoms with E-state index in [4.69, 9.17) is 10.5 Å². The van der Waals surface area contributed by atoms with Crippen molar-refractivity contribution in [3.8, 4) is 5.75 Å². The Bertz CT molecular complexity index is 427. The topological polar surface area (TPSA) is 38.5 Å². The fourth-order valence-corrected chi connectivity index (χ4v) is 3.39. The van der Waals surface area contributed by atoms with Crippen LogP contribution in [0.5, 0.6) is 5.75 Å². The van der Waals surface area contributed by atoms with E-state index in [2.05, 4.69) is 36.1 Å². The van der Waals surface area contributed by atoms with Gasteiger partial charge in [0.15, 0.2) is 0 Å². The maximum Gasteiger partial charge on any atom is 0.119 e. The van der Waals surface area contributed by atoms with Crippen molar-refractivity contribution >= 4 is 0 Å². The third-order valence-electron chi connectivity index (χ3n) is 4.58. The molecule has 2 fully saturated rings. The molecule has 110 valence electrons. The van der Waals surface area contributed by atoms with Gasteiger partial charge >= 0.3 is 0 Å². The average molecular weight is 274 g/mol. The molecule has 2 aliphatic rings. The molecule has 1 heterocycles. The molecular formula is C17H26N2O. The smallest absolute Gasteiger partial charge is 0.119 e. The van der Waals surface area contributed by atoms with Gasteiger partial charge in [0.25, 0.3) is 0 Å². The molecule has 1 aromatic rings. The van der Waals surface area contributed by atoms with E-state index in [0.29, 0.717) is 12.0 Å². The SMILES string of the molecule is CCCOc1ccc(C2C(CN)CCN2C2CC2)cc1. The maximum absolute atomic E-state index is 5.99. The van der Waals surface area contributed by atoms with E-state index in [1.54, 1.807) is 0 Å². The highest BCUT2D eigenvalue weighted by molar-refractivity contribution is 5.30. The molecule has 0 bridgehead atoms. The lowest BCUT2D eigenvalue weighted by molar-refractivity contribution is 0.220. The molecule has 1 aromatic carbocycles. The van der Waals surface area contributed by atoms with Gasteiger partial charge in [-0.2, -0.15) is 0 Å². The fourth-order valence-electron chi connectivity index (χ4n) is 3.39. The second kappa shape index (κ2) is 6.15. The molecule has 1 aliphatic carbocycles. The summed E-state index contributed by atoms with van der Waals surface area (Å²) in [6.07, 6.45) is 5.03. The molecule has 3 rings (SSSR count). The van der Waals surface area contributed by atoms with Gasteiger partial charge in [0.2, 0.25) is 0 Å². The molecule has 2 atom stereocenters. The lowest BCUT2D eigenvalue weighted by Gasteiger charge is -2.28. The molecule has 3 heteroatoms. The monoisotopic (exact) mass is 274 g/mol. The number of hydrogen-bond acceptors (Lipinski definition) is 3. The Kier molecular flexibility index (Phi) is 4.27. The Hall–Kier alpha value is -1.06. The molecule has 1 aliphatic heterocycles. The molecule has 0 radical (unpaired) electrons. The molecule has 3 nitrogen and oxygen atoms in total. The molecular weight excluding hydrogens is 248 g/mol. The van der Waals surface area contributed by atoms with Crippen molar-refractivity contribution < 1.29 is 4.74 Å². The minimum atomic E-state index is 0.521. The standard InChI is InChI=1S/C17H26N2O/c1-2-11-20-16-7-3-13(4-8-16)17-14(12-18)9-10-19(17)15-5-6-15/h3-4,7-8,14-15,17H,2,5-6,9-12,18H2,1H3. The van der Waals surface area contributed by atoms with Crippen molar-refractivity contribution in [2.24, 2.45) is 11.7 Å². The van der Waals surface area contributed by atoms with E-state index in [9.17, 15) is 0 Å². The Morgan fingerprint density at radius 1 is 1.20 bits per heavy atom. The first-order valence-electron chi connectivity index (χ1n) is 8.02. The van der Waals surface area contributed by atoms with Crippen LogP contribution in [0.3, 0.4) is 0 Å². The molecule has 1 saturated heterocycles. The lowest BCUT2D eigenvalue weighted by Crippen LogP contribution is -2.29. The van der Waals surface area contributed by atoms with Crippen molar-refractivity contribution in [2.45, 2.75) is 44.7 Å². The second-order valence-electron chi connectivity index (χ2n) is 6.12. The van der Waals surface area contributed by atoms with Crippen LogP contribution in [0.4, 0.5) is 0 Å². The van der Waals surface area contributed by atoms with Crippen molar-refractivity contribution in [3.63, 3.8) is 0 Å². The third-order valence-corrected chi connectivity index (χ3v) is 4.58. The number of ether oxygens (including phenoxy) is 1. The Balaban J connectivity index is 1.74. The van der Waals surface area contributed by atoms with E-state index in [0.717, 1.165) is 31.4 Å². The summed E-state index contributed by atoms with van der Waals surface area (Å²) in [6.45, 7) is 4.93. The van der Waals surface area contributed by atoms with Crippen LogP contribution < -0.4 is 10.5 Å². The van der Waals surface area contributed by atoms with Gasteiger partial charge in [0.05, 0.1) is 6.61 Å². The normalized spacial score (nSPS) is 26.9. The fraction of sp³-hybridized carbons (Fsp3) is 0.647.